The molecule has 1 unspecified atom stereocenters. The molecule has 1 saturated heterocycles. The lowest BCUT2D eigenvalue weighted by Gasteiger charge is -2.36. The molecule has 14 nitrogen and oxygen atoms in total. The zero-order valence-corrected chi connectivity index (χ0v) is 33.5. The first-order chi connectivity index (χ1) is 25.9. The van der Waals surface area contributed by atoms with Crippen LogP contribution in [-0.2, 0) is 40.4 Å². The monoisotopic (exact) mass is 779 g/mol. The first kappa shape index (κ1) is 39.0. The number of carbonyl (C=O) groups excluding carboxylic acids is 4. The Morgan fingerprint density at radius 2 is 1.85 bits per heavy atom. The Balaban J connectivity index is 1.24. The molecule has 3 fully saturated rings. The van der Waals surface area contributed by atoms with Gasteiger partial charge in [-0.3, -0.25) is 23.9 Å². The van der Waals surface area contributed by atoms with Crippen molar-refractivity contribution in [3.63, 3.8) is 0 Å². The number of carbonyl (C=O) groups is 4. The Kier molecular flexibility index (Phi) is 9.95. The van der Waals surface area contributed by atoms with Gasteiger partial charge in [-0.05, 0) is 92.1 Å². The molecule has 15 heteroatoms. The van der Waals surface area contributed by atoms with Crippen LogP contribution >= 0.6 is 0 Å². The highest BCUT2D eigenvalue weighted by molar-refractivity contribution is 7.91. The molecule has 55 heavy (non-hydrogen) atoms. The van der Waals surface area contributed by atoms with Crippen molar-refractivity contribution in [2.75, 3.05) is 13.7 Å². The largest absolute Gasteiger partial charge is 0.483 e. The summed E-state index contributed by atoms with van der Waals surface area (Å²) in [6.45, 7) is 8.84. The highest BCUT2D eigenvalue weighted by Gasteiger charge is 2.64. The summed E-state index contributed by atoms with van der Waals surface area (Å²) in [6.07, 6.45) is 9.38. The van der Waals surface area contributed by atoms with Crippen LogP contribution in [0.25, 0.3) is 11.0 Å². The van der Waals surface area contributed by atoms with Crippen LogP contribution in [-0.4, -0.2) is 88.2 Å². The molecule has 2 saturated carbocycles. The van der Waals surface area contributed by atoms with Gasteiger partial charge in [0.1, 0.15) is 28.5 Å². The van der Waals surface area contributed by atoms with Gasteiger partial charge in [-0.2, -0.15) is 0 Å². The number of sulfonamides is 1. The minimum atomic E-state index is -3.99. The van der Waals surface area contributed by atoms with Crippen LogP contribution < -0.4 is 19.5 Å². The SMILES string of the molecule is COc1ccc2nc(C)c3c(c2n1)CC[C@]1(CC2C(=O)N[C@]4(C(=O)NS(=O)(=O)C5(C)CC5)C[C@H]4/C=C\CCCCC[C@H](CC(=O)OC(C)(C)C)C(=O)N2C1)O3. The molecule has 0 bridgehead atoms. The van der Waals surface area contributed by atoms with Crippen LogP contribution in [0, 0.1) is 18.8 Å². The maximum atomic E-state index is 14.8. The molecule has 7 rings (SSSR count). The van der Waals surface area contributed by atoms with Gasteiger partial charge >= 0.3 is 5.97 Å². The van der Waals surface area contributed by atoms with Crippen LogP contribution in [0.3, 0.4) is 0 Å². The van der Waals surface area contributed by atoms with E-state index in [1.165, 1.54) is 4.90 Å². The normalized spacial score (nSPS) is 29.7. The van der Waals surface area contributed by atoms with E-state index < -0.39 is 67.2 Å². The molecule has 3 amide bonds. The molecule has 2 aliphatic carbocycles. The molecule has 5 aliphatic rings. The first-order valence-electron chi connectivity index (χ1n) is 19.5. The molecule has 3 aliphatic heterocycles. The summed E-state index contributed by atoms with van der Waals surface area (Å²) in [7, 11) is -2.44. The van der Waals surface area contributed by atoms with Crippen molar-refractivity contribution >= 4 is 44.7 Å². The number of pyridine rings is 2. The number of amides is 3. The predicted molar refractivity (Wildman–Crippen MR) is 202 cm³/mol. The van der Waals surface area contributed by atoms with E-state index in [9.17, 15) is 27.6 Å². The summed E-state index contributed by atoms with van der Waals surface area (Å²) in [6, 6.07) is 2.53. The van der Waals surface area contributed by atoms with E-state index in [4.69, 9.17) is 19.2 Å². The number of hydrogen-bond donors (Lipinski definition) is 2. The molecule has 5 heterocycles. The lowest BCUT2D eigenvalue weighted by Crippen LogP contribution is -2.57. The Bertz CT molecular complexity index is 2060. The smallest absolute Gasteiger partial charge is 0.307 e. The van der Waals surface area contributed by atoms with Gasteiger partial charge in [0, 0.05) is 29.9 Å². The van der Waals surface area contributed by atoms with E-state index in [0.29, 0.717) is 73.3 Å². The third-order valence-corrected chi connectivity index (χ3v) is 14.1. The Hall–Kier alpha value is -4.27. The molecule has 2 aromatic heterocycles. The van der Waals surface area contributed by atoms with Crippen molar-refractivity contribution in [2.24, 2.45) is 11.8 Å². The fourth-order valence-electron chi connectivity index (χ4n) is 8.36. The predicted octanol–water partition coefficient (Wildman–Crippen LogP) is 4.35. The number of ether oxygens (including phenoxy) is 3. The van der Waals surface area contributed by atoms with Gasteiger partial charge in [0.2, 0.25) is 27.7 Å². The van der Waals surface area contributed by atoms with Crippen LogP contribution in [0.2, 0.25) is 0 Å². The number of esters is 1. The highest BCUT2D eigenvalue weighted by atomic mass is 32.2. The molecule has 0 aromatic carbocycles. The van der Waals surface area contributed by atoms with Crippen molar-refractivity contribution < 1.29 is 41.8 Å². The van der Waals surface area contributed by atoms with Crippen LogP contribution in [0.1, 0.15) is 110 Å². The number of rotatable bonds is 6. The Morgan fingerprint density at radius 3 is 2.56 bits per heavy atom. The summed E-state index contributed by atoms with van der Waals surface area (Å²) in [5, 5.41) is 2.96. The van der Waals surface area contributed by atoms with E-state index in [-0.39, 0.29) is 31.7 Å². The third-order valence-electron chi connectivity index (χ3n) is 11.9. The second-order valence-corrected chi connectivity index (χ2v) is 19.6. The van der Waals surface area contributed by atoms with Gasteiger partial charge in [0.05, 0.1) is 41.5 Å². The van der Waals surface area contributed by atoms with E-state index in [2.05, 4.69) is 15.0 Å². The number of nitrogens with one attached hydrogen (secondary N) is 2. The topological polar surface area (TPSA) is 183 Å². The average Bonchev–Trinajstić information content (AvgIpc) is 4.01. The van der Waals surface area contributed by atoms with Gasteiger partial charge in [-0.25, -0.2) is 18.4 Å². The van der Waals surface area contributed by atoms with Gasteiger partial charge in [-0.15, -0.1) is 0 Å². The summed E-state index contributed by atoms with van der Waals surface area (Å²) in [4.78, 5) is 67.5. The number of nitrogens with zero attached hydrogens (tertiary/aromatic N) is 3. The molecule has 298 valence electrons. The van der Waals surface area contributed by atoms with Crippen molar-refractivity contribution in [3.05, 3.63) is 35.5 Å². The maximum Gasteiger partial charge on any atom is 0.307 e. The quantitative estimate of drug-likeness (QED) is 0.314. The third kappa shape index (κ3) is 7.65. The summed E-state index contributed by atoms with van der Waals surface area (Å²) < 4.78 is 45.6. The van der Waals surface area contributed by atoms with E-state index in [1.54, 1.807) is 40.9 Å². The fraction of sp³-hybridized carbons (Fsp3) is 0.650. The molecule has 0 radical (unpaired) electrons. The minimum absolute atomic E-state index is 0.0620. The lowest BCUT2D eigenvalue weighted by atomic mass is 9.88. The summed E-state index contributed by atoms with van der Waals surface area (Å²) in [5.74, 6) is -2.41. The first-order valence-corrected chi connectivity index (χ1v) is 21.0. The number of fused-ring (bicyclic) bond motifs is 5. The highest BCUT2D eigenvalue weighted by Crippen LogP contribution is 2.49. The zero-order chi connectivity index (χ0) is 39.6. The average molecular weight is 780 g/mol. The van der Waals surface area contributed by atoms with Crippen LogP contribution in [0.4, 0.5) is 0 Å². The number of hydrogen-bond acceptors (Lipinski definition) is 11. The van der Waals surface area contributed by atoms with E-state index in [1.807, 2.05) is 25.1 Å². The van der Waals surface area contributed by atoms with Gasteiger partial charge in [0.15, 0.2) is 0 Å². The van der Waals surface area contributed by atoms with Crippen molar-refractivity contribution in [2.45, 2.75) is 139 Å². The number of aromatic nitrogens is 2. The number of methoxy groups -OCH3 is 1. The van der Waals surface area contributed by atoms with Crippen molar-refractivity contribution in [1.82, 2.24) is 24.9 Å². The molecule has 5 atom stereocenters. The van der Waals surface area contributed by atoms with Gasteiger partial charge in [0.25, 0.3) is 5.91 Å². The zero-order valence-electron chi connectivity index (χ0n) is 32.7. The number of aryl methyl sites for hydroxylation is 2. The Morgan fingerprint density at radius 1 is 1.09 bits per heavy atom. The van der Waals surface area contributed by atoms with E-state index >= 15 is 0 Å². The minimum Gasteiger partial charge on any atom is -0.483 e. The molecule has 2 N–H and O–H groups in total. The molecule has 1 spiro atoms. The number of allylic oxidation sites excluding steroid dienone is 1. The summed E-state index contributed by atoms with van der Waals surface area (Å²) in [5.41, 5.74) is -0.377. The van der Waals surface area contributed by atoms with Crippen molar-refractivity contribution in [3.8, 4) is 11.6 Å². The second kappa shape index (κ2) is 14.0. The summed E-state index contributed by atoms with van der Waals surface area (Å²) >= 11 is 0. The molecular weight excluding hydrogens is 727 g/mol. The van der Waals surface area contributed by atoms with Gasteiger partial charge in [-0.1, -0.05) is 25.0 Å². The molecule has 2 aromatic rings. The fourth-order valence-corrected chi connectivity index (χ4v) is 9.67. The van der Waals surface area contributed by atoms with E-state index in [0.717, 1.165) is 18.4 Å². The molecular formula is C40H53N5O9S. The van der Waals surface area contributed by atoms with Crippen LogP contribution in [0.15, 0.2) is 24.3 Å². The Labute approximate surface area is 322 Å². The second-order valence-electron chi connectivity index (χ2n) is 17.4. The van der Waals surface area contributed by atoms with Gasteiger partial charge < -0.3 is 24.4 Å². The lowest BCUT2D eigenvalue weighted by molar-refractivity contribution is -0.159. The van der Waals surface area contributed by atoms with Crippen LogP contribution in [0.5, 0.6) is 11.6 Å². The standard InChI is InChI=1S/C40H53N5O9S/c1-24-33-27(32-28(41-24)14-15-30(42-32)52-6)16-17-39(54-33)22-29-34(47)43-40(36(49)44-55(50,51)38(5)18-19-38)21-26(40)13-11-9-7-8-10-12-25(35(48)45(29)23-39)20-31(46)53-37(2,3)4/h11,13-15,25-26,29H,7-10,12,16-23H2,1-6H3,(H,43,47)(H,44,49)/b13-11-/t25-,26-,29?,39-,40-/m1/s1. The maximum absolute atomic E-state index is 14.8. The van der Waals surface area contributed by atoms with Crippen molar-refractivity contribution in [1.29, 1.82) is 0 Å².